The molecule has 0 amide bonds. The van der Waals surface area contributed by atoms with Crippen LogP contribution in [-0.4, -0.2) is 13.2 Å². The highest BCUT2D eigenvalue weighted by Crippen LogP contribution is 2.26. The van der Waals surface area contributed by atoms with Crippen molar-refractivity contribution < 1.29 is 31.4 Å². The lowest BCUT2D eigenvalue weighted by Gasteiger charge is -2.11. The van der Waals surface area contributed by atoms with Gasteiger partial charge < -0.3 is 9.47 Å². The zero-order valence-corrected chi connectivity index (χ0v) is 23.2. The molecule has 2 nitrogen and oxygen atoms in total. The van der Waals surface area contributed by atoms with E-state index in [2.05, 4.69) is 11.7 Å². The lowest BCUT2D eigenvalue weighted by Crippen LogP contribution is -2.03. The van der Waals surface area contributed by atoms with E-state index in [-0.39, 0.29) is 29.3 Å². The summed E-state index contributed by atoms with van der Waals surface area (Å²) in [6, 6.07) is 17.7. The third kappa shape index (κ3) is 8.69. The molecule has 0 aliphatic heterocycles. The first kappa shape index (κ1) is 30.4. The van der Waals surface area contributed by atoms with Crippen LogP contribution < -0.4 is 9.47 Å². The number of halogens is 5. The molecule has 0 bridgehead atoms. The Morgan fingerprint density at radius 2 is 1.34 bits per heavy atom. The molecule has 0 aromatic heterocycles. The van der Waals surface area contributed by atoms with Crippen molar-refractivity contribution in [2.45, 2.75) is 71.3 Å². The third-order valence-corrected chi connectivity index (χ3v) is 7.22. The molecule has 0 atom stereocenters. The van der Waals surface area contributed by atoms with Crippen LogP contribution in [0.4, 0.5) is 22.0 Å². The van der Waals surface area contributed by atoms with Crippen molar-refractivity contribution in [1.29, 1.82) is 0 Å². The van der Waals surface area contributed by atoms with Crippen molar-refractivity contribution in [3.05, 3.63) is 106 Å². The van der Waals surface area contributed by atoms with E-state index >= 15 is 4.39 Å². The minimum atomic E-state index is -2.88. The smallest absolute Gasteiger partial charge is 0.387 e. The molecule has 4 rings (SSSR count). The highest BCUT2D eigenvalue weighted by molar-refractivity contribution is 5.84. The van der Waals surface area contributed by atoms with E-state index < -0.39 is 18.2 Å². The van der Waals surface area contributed by atoms with Gasteiger partial charge in [-0.1, -0.05) is 75.1 Å². The Morgan fingerprint density at radius 1 is 0.659 bits per heavy atom. The van der Waals surface area contributed by atoms with Gasteiger partial charge in [-0.25, -0.2) is 13.2 Å². The summed E-state index contributed by atoms with van der Waals surface area (Å²) in [4.78, 5) is 0. The summed E-state index contributed by atoms with van der Waals surface area (Å²) >= 11 is 0. The fraction of sp³-hybridized carbons (Fsp3) is 0.353. The Kier molecular flexibility index (Phi) is 11.0. The lowest BCUT2D eigenvalue weighted by molar-refractivity contribution is -0.0498. The second kappa shape index (κ2) is 14.9. The van der Waals surface area contributed by atoms with Gasteiger partial charge in [0.1, 0.15) is 29.0 Å². The molecule has 0 unspecified atom stereocenters. The van der Waals surface area contributed by atoms with Crippen LogP contribution >= 0.6 is 0 Å². The predicted molar refractivity (Wildman–Crippen MR) is 152 cm³/mol. The number of ether oxygens (including phenoxy) is 2. The second-order valence-electron chi connectivity index (χ2n) is 10.2. The third-order valence-electron chi connectivity index (χ3n) is 7.22. The molecule has 218 valence electrons. The molecular formula is C34H35F5O2. The molecular weight excluding hydrogens is 535 g/mol. The number of benzene rings is 4. The van der Waals surface area contributed by atoms with Crippen molar-refractivity contribution in [2.24, 2.45) is 0 Å². The minimum absolute atomic E-state index is 0.00993. The van der Waals surface area contributed by atoms with E-state index in [1.807, 2.05) is 12.1 Å². The number of rotatable bonds is 15. The lowest BCUT2D eigenvalue weighted by atomic mass is 9.97. The average molecular weight is 571 g/mol. The zero-order chi connectivity index (χ0) is 29.2. The standard InChI is InChI=1S/C34H35F5O2/c1-2-3-4-5-6-19-40-28-21-31(35)30(32(36)22-28)18-11-24-10-17-29-26(20-24)14-13-25(33(29)37)12-7-23-8-15-27(16-9-23)41-34(38)39/h8-10,13-17,20-22,34H,2-7,11-12,18-19H2,1H3. The van der Waals surface area contributed by atoms with Crippen LogP contribution in [-0.2, 0) is 25.7 Å². The Labute approximate surface area is 238 Å². The molecule has 4 aromatic rings. The van der Waals surface area contributed by atoms with E-state index in [4.69, 9.17) is 4.74 Å². The van der Waals surface area contributed by atoms with Crippen LogP contribution in [0.15, 0.2) is 66.7 Å². The van der Waals surface area contributed by atoms with Crippen LogP contribution in [0.3, 0.4) is 0 Å². The van der Waals surface area contributed by atoms with Crippen LogP contribution in [0.25, 0.3) is 10.8 Å². The molecule has 0 aliphatic carbocycles. The predicted octanol–water partition coefficient (Wildman–Crippen LogP) is 9.78. The first-order chi connectivity index (χ1) is 19.8. The summed E-state index contributed by atoms with van der Waals surface area (Å²) in [5.41, 5.74) is 2.28. The van der Waals surface area contributed by atoms with Crippen molar-refractivity contribution >= 4 is 10.8 Å². The highest BCUT2D eigenvalue weighted by atomic mass is 19.3. The molecule has 0 saturated heterocycles. The Balaban J connectivity index is 1.34. The second-order valence-corrected chi connectivity index (χ2v) is 10.2. The SMILES string of the molecule is CCCCCCCOc1cc(F)c(CCc2ccc3c(F)c(CCc4ccc(OC(F)F)cc4)ccc3c2)c(F)c1. The van der Waals surface area contributed by atoms with Gasteiger partial charge in [-0.15, -0.1) is 0 Å². The number of aryl methyl sites for hydroxylation is 3. The fourth-order valence-electron chi connectivity index (χ4n) is 4.92. The molecule has 4 aromatic carbocycles. The normalized spacial score (nSPS) is 11.4. The van der Waals surface area contributed by atoms with Gasteiger partial charge in [0.15, 0.2) is 0 Å². The van der Waals surface area contributed by atoms with Gasteiger partial charge in [-0.3, -0.25) is 0 Å². The summed E-state index contributed by atoms with van der Waals surface area (Å²) in [6.07, 6.45) is 6.89. The van der Waals surface area contributed by atoms with Crippen LogP contribution in [0.2, 0.25) is 0 Å². The molecule has 7 heteroatoms. The number of hydrogen-bond acceptors (Lipinski definition) is 2. The van der Waals surface area contributed by atoms with Gasteiger partial charge in [0, 0.05) is 23.1 Å². The Bertz CT molecular complexity index is 1400. The van der Waals surface area contributed by atoms with E-state index in [0.29, 0.717) is 42.2 Å². The number of alkyl halides is 2. The van der Waals surface area contributed by atoms with Crippen molar-refractivity contribution in [2.75, 3.05) is 6.61 Å². The maximum absolute atomic E-state index is 15.3. The van der Waals surface area contributed by atoms with Crippen molar-refractivity contribution in [1.82, 2.24) is 0 Å². The fourth-order valence-corrected chi connectivity index (χ4v) is 4.92. The van der Waals surface area contributed by atoms with E-state index in [1.165, 1.54) is 30.7 Å². The molecule has 0 saturated carbocycles. The molecule has 0 fully saturated rings. The first-order valence-corrected chi connectivity index (χ1v) is 14.2. The van der Waals surface area contributed by atoms with Crippen molar-refractivity contribution in [3.63, 3.8) is 0 Å². The van der Waals surface area contributed by atoms with Gasteiger partial charge in [0.2, 0.25) is 0 Å². The molecule has 41 heavy (non-hydrogen) atoms. The quantitative estimate of drug-likeness (QED) is 0.105. The monoisotopic (exact) mass is 570 g/mol. The molecule has 0 N–H and O–H groups in total. The Hall–Kier alpha value is -3.61. The summed E-state index contributed by atoms with van der Waals surface area (Å²) in [5.74, 6) is -1.28. The van der Waals surface area contributed by atoms with Crippen LogP contribution in [0, 0.1) is 17.5 Å². The summed E-state index contributed by atoms with van der Waals surface area (Å²) in [6.45, 7) is -0.299. The maximum Gasteiger partial charge on any atom is 0.387 e. The summed E-state index contributed by atoms with van der Waals surface area (Å²) < 4.78 is 79.2. The average Bonchev–Trinajstić information content (AvgIpc) is 2.94. The van der Waals surface area contributed by atoms with Crippen LogP contribution in [0.5, 0.6) is 11.5 Å². The Morgan fingerprint density at radius 3 is 2.05 bits per heavy atom. The number of hydrogen-bond donors (Lipinski definition) is 0. The summed E-state index contributed by atoms with van der Waals surface area (Å²) in [5, 5.41) is 1.18. The van der Waals surface area contributed by atoms with Gasteiger partial charge in [-0.05, 0) is 66.3 Å². The molecule has 0 spiro atoms. The van der Waals surface area contributed by atoms with Gasteiger partial charge in [-0.2, -0.15) is 8.78 Å². The zero-order valence-electron chi connectivity index (χ0n) is 23.2. The topological polar surface area (TPSA) is 18.5 Å². The van der Waals surface area contributed by atoms with Gasteiger partial charge in [0.25, 0.3) is 0 Å². The van der Waals surface area contributed by atoms with Crippen LogP contribution in [0.1, 0.15) is 61.3 Å². The largest absolute Gasteiger partial charge is 0.493 e. The van der Waals surface area contributed by atoms with E-state index in [1.54, 1.807) is 30.3 Å². The molecule has 0 heterocycles. The minimum Gasteiger partial charge on any atom is -0.493 e. The molecule has 0 aliphatic rings. The summed E-state index contributed by atoms with van der Waals surface area (Å²) in [7, 11) is 0. The number of fused-ring (bicyclic) bond motifs is 1. The van der Waals surface area contributed by atoms with E-state index in [9.17, 15) is 17.6 Å². The van der Waals surface area contributed by atoms with Gasteiger partial charge >= 0.3 is 6.61 Å². The van der Waals surface area contributed by atoms with E-state index in [0.717, 1.165) is 36.8 Å². The number of unbranched alkanes of at least 4 members (excludes halogenated alkanes) is 4. The first-order valence-electron chi connectivity index (χ1n) is 14.2. The molecule has 0 radical (unpaired) electrons. The maximum atomic E-state index is 15.3. The highest BCUT2D eigenvalue weighted by Gasteiger charge is 2.14. The van der Waals surface area contributed by atoms with Crippen molar-refractivity contribution in [3.8, 4) is 11.5 Å². The van der Waals surface area contributed by atoms with Gasteiger partial charge in [0.05, 0.1) is 6.61 Å².